The van der Waals surface area contributed by atoms with Gasteiger partial charge in [0.15, 0.2) is 0 Å². The van der Waals surface area contributed by atoms with Crippen molar-refractivity contribution in [2.45, 2.75) is 70.3 Å². The van der Waals surface area contributed by atoms with E-state index in [1.165, 1.54) is 0 Å². The van der Waals surface area contributed by atoms with Crippen molar-refractivity contribution in [1.29, 1.82) is 0 Å². The van der Waals surface area contributed by atoms with Crippen LogP contribution in [0.15, 0.2) is 0 Å². The number of carbonyl (C=O) groups excluding carboxylic acids is 3. The second-order valence-corrected chi connectivity index (χ2v) is 7.46. The minimum atomic E-state index is -4.97. The number of amides is 3. The van der Waals surface area contributed by atoms with Crippen molar-refractivity contribution in [3.05, 3.63) is 0 Å². The Balaban J connectivity index is 2.30. The highest BCUT2D eigenvalue weighted by Gasteiger charge is 2.66. The smallest absolute Gasteiger partial charge is 0.420 e. The molecule has 1 unspecified atom stereocenters. The lowest BCUT2D eigenvalue weighted by molar-refractivity contribution is -0.193. The molecule has 1 saturated heterocycles. The fraction of sp³-hybridized carbons (Fsp3) is 0.800. The van der Waals surface area contributed by atoms with Crippen molar-refractivity contribution >= 4 is 17.9 Å². The number of urea groups is 1. The number of nitrogens with zero attached hydrogens (tertiary/aromatic N) is 1. The second kappa shape index (κ2) is 5.63. The average Bonchev–Trinajstić information content (AvgIpc) is 3.14. The molecule has 2 aliphatic rings. The number of halogens is 3. The van der Waals surface area contributed by atoms with Crippen LogP contribution in [0.5, 0.6) is 0 Å². The molecule has 0 aromatic heterocycles. The van der Waals surface area contributed by atoms with Crippen molar-refractivity contribution in [1.82, 2.24) is 10.2 Å². The summed E-state index contributed by atoms with van der Waals surface area (Å²) in [5.41, 5.74) is -3.92. The second-order valence-electron chi connectivity index (χ2n) is 7.46. The van der Waals surface area contributed by atoms with Gasteiger partial charge in [-0.1, -0.05) is 12.8 Å². The maximum Gasteiger partial charge on any atom is 0.420 e. The van der Waals surface area contributed by atoms with Gasteiger partial charge in [0.1, 0.15) is 11.6 Å². The molecule has 24 heavy (non-hydrogen) atoms. The highest BCUT2D eigenvalue weighted by molar-refractivity contribution is 6.09. The fourth-order valence-corrected chi connectivity index (χ4v) is 2.48. The van der Waals surface area contributed by atoms with Gasteiger partial charge in [0.25, 0.3) is 5.91 Å². The van der Waals surface area contributed by atoms with Crippen molar-refractivity contribution in [2.75, 3.05) is 0 Å². The summed E-state index contributed by atoms with van der Waals surface area (Å²) in [6, 6.07) is -2.58. The predicted octanol–water partition coefficient (Wildman–Crippen LogP) is 2.37. The van der Waals surface area contributed by atoms with Crippen LogP contribution in [-0.2, 0) is 14.3 Å². The molecule has 0 aromatic rings. The number of esters is 1. The SMILES string of the molecule is CC(C)(C)OC(=O)[C@H](CC1CC1)N1C(=O)NC(C)(C(F)(F)F)C1=O. The van der Waals surface area contributed by atoms with Crippen LogP contribution in [0.4, 0.5) is 18.0 Å². The Morgan fingerprint density at radius 3 is 2.25 bits per heavy atom. The van der Waals surface area contributed by atoms with Gasteiger partial charge >= 0.3 is 18.2 Å². The van der Waals surface area contributed by atoms with Crippen LogP contribution in [0.2, 0.25) is 0 Å². The van der Waals surface area contributed by atoms with Gasteiger partial charge in [0.05, 0.1) is 0 Å². The van der Waals surface area contributed by atoms with Gasteiger partial charge < -0.3 is 10.1 Å². The number of ether oxygens (including phenoxy) is 1. The minimum Gasteiger partial charge on any atom is -0.458 e. The van der Waals surface area contributed by atoms with E-state index in [1.807, 2.05) is 0 Å². The first kappa shape index (κ1) is 18.5. The fourth-order valence-electron chi connectivity index (χ4n) is 2.48. The zero-order valence-corrected chi connectivity index (χ0v) is 14.0. The Kier molecular flexibility index (Phi) is 4.35. The van der Waals surface area contributed by atoms with Crippen molar-refractivity contribution in [2.24, 2.45) is 5.92 Å². The highest BCUT2D eigenvalue weighted by Crippen LogP contribution is 2.39. The zero-order chi connectivity index (χ0) is 18.5. The van der Waals surface area contributed by atoms with E-state index in [4.69, 9.17) is 4.74 Å². The third-order valence-electron chi connectivity index (χ3n) is 4.03. The third-order valence-corrected chi connectivity index (χ3v) is 4.03. The van der Waals surface area contributed by atoms with E-state index in [-0.39, 0.29) is 12.3 Å². The molecule has 1 heterocycles. The van der Waals surface area contributed by atoms with Gasteiger partial charge in [0, 0.05) is 0 Å². The predicted molar refractivity (Wildman–Crippen MR) is 76.8 cm³/mol. The van der Waals surface area contributed by atoms with Gasteiger partial charge in [-0.25, -0.2) is 14.5 Å². The molecular formula is C15H21F3N2O4. The molecule has 0 aromatic carbocycles. The molecule has 2 rings (SSSR count). The van der Waals surface area contributed by atoms with Gasteiger partial charge in [0.2, 0.25) is 5.54 Å². The normalized spacial score (nSPS) is 26.4. The number of hydrogen-bond acceptors (Lipinski definition) is 4. The van der Waals surface area contributed by atoms with Crippen LogP contribution in [0, 0.1) is 5.92 Å². The number of imide groups is 1. The van der Waals surface area contributed by atoms with Crippen LogP contribution in [-0.4, -0.2) is 46.2 Å². The quantitative estimate of drug-likeness (QED) is 0.624. The largest absolute Gasteiger partial charge is 0.458 e. The first-order valence-electron chi connectivity index (χ1n) is 7.71. The molecule has 1 saturated carbocycles. The molecule has 1 aliphatic heterocycles. The van der Waals surface area contributed by atoms with Gasteiger partial charge in [-0.3, -0.25) is 4.79 Å². The molecule has 9 heteroatoms. The molecule has 2 atom stereocenters. The summed E-state index contributed by atoms with van der Waals surface area (Å²) in [6.07, 6.45) is -3.24. The summed E-state index contributed by atoms with van der Waals surface area (Å²) in [4.78, 5) is 37.1. The van der Waals surface area contributed by atoms with Crippen LogP contribution in [0.25, 0.3) is 0 Å². The Hall–Kier alpha value is -1.80. The summed E-state index contributed by atoms with van der Waals surface area (Å²) in [7, 11) is 0. The lowest BCUT2D eigenvalue weighted by Gasteiger charge is -2.29. The zero-order valence-electron chi connectivity index (χ0n) is 14.0. The molecule has 2 fully saturated rings. The Bertz CT molecular complexity index is 566. The van der Waals surface area contributed by atoms with Crippen LogP contribution in [0.3, 0.4) is 0 Å². The molecular weight excluding hydrogens is 329 g/mol. The molecule has 0 bridgehead atoms. The number of nitrogens with one attached hydrogen (secondary N) is 1. The molecule has 6 nitrogen and oxygen atoms in total. The molecule has 1 N–H and O–H groups in total. The van der Waals surface area contributed by atoms with E-state index in [0.29, 0.717) is 11.8 Å². The first-order chi connectivity index (χ1) is 10.8. The average molecular weight is 350 g/mol. The van der Waals surface area contributed by atoms with Crippen LogP contribution in [0.1, 0.15) is 47.0 Å². The molecule has 3 amide bonds. The van der Waals surface area contributed by atoms with E-state index in [2.05, 4.69) is 0 Å². The van der Waals surface area contributed by atoms with E-state index in [9.17, 15) is 27.6 Å². The van der Waals surface area contributed by atoms with E-state index in [0.717, 1.165) is 12.8 Å². The molecule has 1 aliphatic carbocycles. The standard InChI is InChI=1S/C15H21F3N2O4/c1-13(2,3)24-10(21)9(7-8-5-6-8)20-11(22)14(4,15(16,17)18)19-12(20)23/h8-9H,5-7H2,1-4H3,(H,19,23)/t9-,14?/m0/s1. The summed E-state index contributed by atoms with van der Waals surface area (Å²) in [6.45, 7) is 5.40. The number of alkyl halides is 3. The first-order valence-corrected chi connectivity index (χ1v) is 7.71. The summed E-state index contributed by atoms with van der Waals surface area (Å²) in [5.74, 6) is -2.25. The van der Waals surface area contributed by atoms with E-state index < -0.39 is 41.3 Å². The topological polar surface area (TPSA) is 75.7 Å². The Morgan fingerprint density at radius 2 is 1.88 bits per heavy atom. The Labute approximate surface area is 137 Å². The van der Waals surface area contributed by atoms with Crippen molar-refractivity contribution in [3.63, 3.8) is 0 Å². The van der Waals surface area contributed by atoms with E-state index in [1.54, 1.807) is 26.1 Å². The minimum absolute atomic E-state index is 0.0980. The van der Waals surface area contributed by atoms with Crippen molar-refractivity contribution in [3.8, 4) is 0 Å². The van der Waals surface area contributed by atoms with Gasteiger partial charge in [-0.05, 0) is 40.0 Å². The highest BCUT2D eigenvalue weighted by atomic mass is 19.4. The van der Waals surface area contributed by atoms with Crippen LogP contribution < -0.4 is 5.32 Å². The maximum atomic E-state index is 13.2. The number of rotatable bonds is 4. The maximum absolute atomic E-state index is 13.2. The number of hydrogen-bond donors (Lipinski definition) is 1. The lowest BCUT2D eigenvalue weighted by atomic mass is 10.0. The summed E-state index contributed by atoms with van der Waals surface area (Å²) < 4.78 is 44.7. The lowest BCUT2D eigenvalue weighted by Crippen LogP contribution is -2.57. The van der Waals surface area contributed by atoms with Gasteiger partial charge in [-0.2, -0.15) is 13.2 Å². The van der Waals surface area contributed by atoms with Crippen molar-refractivity contribution < 1.29 is 32.3 Å². The molecule has 0 radical (unpaired) electrons. The Morgan fingerprint density at radius 1 is 1.33 bits per heavy atom. The summed E-state index contributed by atoms with van der Waals surface area (Å²) >= 11 is 0. The molecule has 0 spiro atoms. The number of carbonyl (C=O) groups is 3. The van der Waals surface area contributed by atoms with Gasteiger partial charge in [-0.15, -0.1) is 0 Å². The van der Waals surface area contributed by atoms with E-state index >= 15 is 0 Å². The molecule has 136 valence electrons. The van der Waals surface area contributed by atoms with Crippen LogP contribution >= 0.6 is 0 Å². The summed E-state index contributed by atoms with van der Waals surface area (Å²) in [5, 5.41) is 1.67. The monoisotopic (exact) mass is 350 g/mol. The third kappa shape index (κ3) is 3.49.